The predicted octanol–water partition coefficient (Wildman–Crippen LogP) is 6.96. The third-order valence-electron chi connectivity index (χ3n) is 4.50. The fourth-order valence-corrected chi connectivity index (χ4v) is 4.45. The van der Waals surface area contributed by atoms with Crippen molar-refractivity contribution in [1.82, 2.24) is 0 Å². The van der Waals surface area contributed by atoms with E-state index in [9.17, 15) is 10.1 Å². The number of benzene rings is 3. The van der Waals surface area contributed by atoms with E-state index in [0.29, 0.717) is 17.9 Å². The SMILES string of the molecule is COc1cc(/C=C(\C#N)C(=O)Nc2ccc(Br)cc2)cc(I)c1Cc1ccccc1Br. The minimum absolute atomic E-state index is 0.0133. The van der Waals surface area contributed by atoms with E-state index in [1.54, 1.807) is 25.3 Å². The van der Waals surface area contributed by atoms with Crippen LogP contribution in [-0.4, -0.2) is 13.0 Å². The molecule has 0 spiro atoms. The molecule has 1 amide bonds. The van der Waals surface area contributed by atoms with Crippen molar-refractivity contribution in [3.63, 3.8) is 0 Å². The molecule has 0 bridgehead atoms. The summed E-state index contributed by atoms with van der Waals surface area (Å²) in [6.45, 7) is 0. The van der Waals surface area contributed by atoms with Gasteiger partial charge in [0.25, 0.3) is 5.91 Å². The van der Waals surface area contributed by atoms with E-state index in [2.05, 4.69) is 65.8 Å². The van der Waals surface area contributed by atoms with Crippen LogP contribution in [0.4, 0.5) is 5.69 Å². The molecular weight excluding hydrogens is 635 g/mol. The summed E-state index contributed by atoms with van der Waals surface area (Å²) in [4.78, 5) is 12.6. The van der Waals surface area contributed by atoms with Gasteiger partial charge in [0.15, 0.2) is 0 Å². The first-order valence-corrected chi connectivity index (χ1v) is 11.9. The lowest BCUT2D eigenvalue weighted by Crippen LogP contribution is -2.13. The molecule has 4 nitrogen and oxygen atoms in total. The molecule has 0 saturated heterocycles. The van der Waals surface area contributed by atoms with Gasteiger partial charge >= 0.3 is 0 Å². The molecule has 0 aliphatic rings. The summed E-state index contributed by atoms with van der Waals surface area (Å²) in [7, 11) is 1.62. The van der Waals surface area contributed by atoms with Crippen LogP contribution in [0.15, 0.2) is 75.2 Å². The first-order chi connectivity index (χ1) is 14.9. The Labute approximate surface area is 211 Å². The van der Waals surface area contributed by atoms with Gasteiger partial charge in [-0.15, -0.1) is 0 Å². The van der Waals surface area contributed by atoms with Crippen molar-refractivity contribution in [2.75, 3.05) is 12.4 Å². The number of hydrogen-bond acceptors (Lipinski definition) is 3. The maximum atomic E-state index is 12.6. The van der Waals surface area contributed by atoms with Gasteiger partial charge < -0.3 is 10.1 Å². The topological polar surface area (TPSA) is 62.1 Å². The van der Waals surface area contributed by atoms with Crippen LogP contribution >= 0.6 is 54.5 Å². The van der Waals surface area contributed by atoms with E-state index in [4.69, 9.17) is 4.74 Å². The van der Waals surface area contributed by atoms with Crippen molar-refractivity contribution < 1.29 is 9.53 Å². The Morgan fingerprint density at radius 2 is 1.87 bits per heavy atom. The van der Waals surface area contributed by atoms with Crippen LogP contribution in [0, 0.1) is 14.9 Å². The predicted molar refractivity (Wildman–Crippen MR) is 139 cm³/mol. The summed E-state index contributed by atoms with van der Waals surface area (Å²) < 4.78 is 8.56. The number of halogens is 3. The van der Waals surface area contributed by atoms with Gasteiger partial charge in [-0.2, -0.15) is 5.26 Å². The normalized spacial score (nSPS) is 11.0. The average molecular weight is 652 g/mol. The number of amides is 1. The van der Waals surface area contributed by atoms with Crippen LogP contribution < -0.4 is 10.1 Å². The van der Waals surface area contributed by atoms with Crippen molar-refractivity contribution in [3.8, 4) is 11.8 Å². The number of anilines is 1. The van der Waals surface area contributed by atoms with Gasteiger partial charge in [-0.05, 0) is 82.3 Å². The lowest BCUT2D eigenvalue weighted by atomic mass is 10.0. The Morgan fingerprint density at radius 3 is 2.52 bits per heavy atom. The third kappa shape index (κ3) is 6.19. The second-order valence-corrected chi connectivity index (χ2v) is 9.51. The van der Waals surface area contributed by atoms with Crippen LogP contribution in [0.5, 0.6) is 5.75 Å². The first kappa shape index (κ1) is 23.5. The van der Waals surface area contributed by atoms with Gasteiger partial charge in [0.1, 0.15) is 17.4 Å². The number of nitriles is 1. The lowest BCUT2D eigenvalue weighted by Gasteiger charge is -2.13. The van der Waals surface area contributed by atoms with Gasteiger partial charge in [0, 0.05) is 30.2 Å². The molecular formula is C24H17Br2IN2O2. The number of carbonyl (C=O) groups is 1. The molecule has 1 N–H and O–H groups in total. The second kappa shape index (κ2) is 10.9. The fraction of sp³-hybridized carbons (Fsp3) is 0.0833. The molecule has 0 aliphatic carbocycles. The molecule has 7 heteroatoms. The fourth-order valence-electron chi connectivity index (χ4n) is 2.95. The summed E-state index contributed by atoms with van der Waals surface area (Å²) >= 11 is 9.21. The third-order valence-corrected chi connectivity index (χ3v) is 6.76. The number of carbonyl (C=O) groups excluding carboxylic acids is 1. The van der Waals surface area contributed by atoms with Gasteiger partial charge in [-0.1, -0.05) is 50.1 Å². The van der Waals surface area contributed by atoms with Crippen LogP contribution in [-0.2, 0) is 11.2 Å². The quantitative estimate of drug-likeness (QED) is 0.178. The first-order valence-electron chi connectivity index (χ1n) is 9.19. The minimum Gasteiger partial charge on any atom is -0.496 e. The molecule has 156 valence electrons. The zero-order chi connectivity index (χ0) is 22.4. The van der Waals surface area contributed by atoms with Crippen LogP contribution in [0.3, 0.4) is 0 Å². The van der Waals surface area contributed by atoms with Gasteiger partial charge in [0.05, 0.1) is 7.11 Å². The highest BCUT2D eigenvalue weighted by Crippen LogP contribution is 2.31. The molecule has 0 unspecified atom stereocenters. The zero-order valence-electron chi connectivity index (χ0n) is 16.5. The van der Waals surface area contributed by atoms with E-state index in [0.717, 1.165) is 29.2 Å². The van der Waals surface area contributed by atoms with E-state index >= 15 is 0 Å². The van der Waals surface area contributed by atoms with Gasteiger partial charge in [-0.3, -0.25) is 4.79 Å². The van der Waals surface area contributed by atoms with Gasteiger partial charge in [-0.25, -0.2) is 0 Å². The summed E-state index contributed by atoms with van der Waals surface area (Å²) in [6.07, 6.45) is 2.27. The standard InChI is InChI=1S/C24H17Br2IN2O2/c1-31-23-12-15(11-22(27)20(23)13-16-4-2-3-5-21(16)26)10-17(14-28)24(30)29-19-8-6-18(25)7-9-19/h2-12H,13H2,1H3,(H,29,30)/b17-10+. The summed E-state index contributed by atoms with van der Waals surface area (Å²) in [6, 6.07) is 21.0. The Bertz CT molecular complexity index is 1190. The number of rotatable bonds is 6. The number of nitrogens with zero attached hydrogens (tertiary/aromatic N) is 1. The van der Waals surface area contributed by atoms with Gasteiger partial charge in [0.2, 0.25) is 0 Å². The summed E-state index contributed by atoms with van der Waals surface area (Å²) in [5, 5.41) is 12.3. The van der Waals surface area contributed by atoms with Crippen LogP contribution in [0.25, 0.3) is 6.08 Å². The largest absolute Gasteiger partial charge is 0.496 e. The molecule has 0 saturated carbocycles. The monoisotopic (exact) mass is 650 g/mol. The van der Waals surface area contributed by atoms with Crippen molar-refractivity contribution in [2.24, 2.45) is 0 Å². The maximum Gasteiger partial charge on any atom is 0.266 e. The summed E-state index contributed by atoms with van der Waals surface area (Å²) in [5.41, 5.74) is 3.54. The summed E-state index contributed by atoms with van der Waals surface area (Å²) in [5.74, 6) is 0.246. The van der Waals surface area contributed by atoms with E-state index in [1.165, 1.54) is 0 Å². The molecule has 3 aromatic rings. The molecule has 0 atom stereocenters. The molecule has 0 aliphatic heterocycles. The maximum absolute atomic E-state index is 12.6. The molecule has 3 aromatic carbocycles. The number of hydrogen-bond donors (Lipinski definition) is 1. The van der Waals surface area contributed by atoms with Crippen molar-refractivity contribution in [2.45, 2.75) is 6.42 Å². The highest BCUT2D eigenvalue weighted by Gasteiger charge is 2.14. The van der Waals surface area contributed by atoms with E-state index in [-0.39, 0.29) is 5.57 Å². The Kier molecular flexibility index (Phi) is 8.29. The second-order valence-electron chi connectivity index (χ2n) is 6.58. The molecule has 0 radical (unpaired) electrons. The van der Waals surface area contributed by atoms with Crippen molar-refractivity contribution in [1.29, 1.82) is 5.26 Å². The average Bonchev–Trinajstić information content (AvgIpc) is 2.76. The molecule has 0 fully saturated rings. The van der Waals surface area contributed by atoms with Crippen molar-refractivity contribution >= 4 is 72.1 Å². The number of ether oxygens (including phenoxy) is 1. The number of nitrogens with one attached hydrogen (secondary N) is 1. The Morgan fingerprint density at radius 1 is 1.16 bits per heavy atom. The smallest absolute Gasteiger partial charge is 0.266 e. The Balaban J connectivity index is 1.89. The van der Waals surface area contributed by atoms with Crippen LogP contribution in [0.1, 0.15) is 16.7 Å². The highest BCUT2D eigenvalue weighted by atomic mass is 127. The molecule has 0 aromatic heterocycles. The molecule has 0 heterocycles. The van der Waals surface area contributed by atoms with E-state index < -0.39 is 5.91 Å². The molecule has 3 rings (SSSR count). The van der Waals surface area contributed by atoms with Crippen molar-refractivity contribution in [3.05, 3.63) is 95.4 Å². The van der Waals surface area contributed by atoms with E-state index in [1.807, 2.05) is 48.5 Å². The lowest BCUT2D eigenvalue weighted by molar-refractivity contribution is -0.112. The highest BCUT2D eigenvalue weighted by molar-refractivity contribution is 14.1. The molecule has 31 heavy (non-hydrogen) atoms. The van der Waals surface area contributed by atoms with Crippen LogP contribution in [0.2, 0.25) is 0 Å². The number of methoxy groups -OCH3 is 1. The zero-order valence-corrected chi connectivity index (χ0v) is 21.8. The Hall–Kier alpha value is -2.15. The minimum atomic E-state index is -0.462.